The predicted molar refractivity (Wildman–Crippen MR) is 89.5 cm³/mol. The number of imidazole rings is 1. The zero-order valence-electron chi connectivity index (χ0n) is 13.0. The van der Waals surface area contributed by atoms with Gasteiger partial charge in [0, 0.05) is 37.6 Å². The zero-order chi connectivity index (χ0) is 16.2. The Morgan fingerprint density at radius 3 is 3.13 bits per heavy atom. The summed E-state index contributed by atoms with van der Waals surface area (Å²) in [6, 6.07) is 3.08. The summed E-state index contributed by atoms with van der Waals surface area (Å²) in [5, 5.41) is 6.62. The van der Waals surface area contributed by atoms with Gasteiger partial charge >= 0.3 is 0 Å². The van der Waals surface area contributed by atoms with Crippen LogP contribution in [0.25, 0.3) is 0 Å². The largest absolute Gasteiger partial charge is 0.335 e. The maximum Gasteiger partial charge on any atom is 0.242 e. The average Bonchev–Trinajstić information content (AvgIpc) is 3.03. The molecule has 2 atom stereocenters. The van der Waals surface area contributed by atoms with Crippen LogP contribution in [0.4, 0.5) is 5.82 Å². The zero-order valence-corrected chi connectivity index (χ0v) is 13.8. The fraction of sp³-hybridized carbons (Fsp3) is 0.438. The maximum atomic E-state index is 12.2. The number of carbonyl (C=O) groups excluding carboxylic acids is 1. The highest BCUT2D eigenvalue weighted by Crippen LogP contribution is 2.24. The minimum atomic E-state index is -0.308. The first-order chi connectivity index (χ1) is 11.1. The second-order valence-electron chi connectivity index (χ2n) is 5.80. The number of hydrogen-bond donors (Lipinski definition) is 2. The number of halogens is 1. The number of nitrogens with zero attached hydrogens (tertiary/aromatic N) is 3. The molecule has 3 heterocycles. The lowest BCUT2D eigenvalue weighted by Gasteiger charge is -2.25. The molecule has 0 bridgehead atoms. The first-order valence-corrected chi connectivity index (χ1v) is 8.18. The lowest BCUT2D eigenvalue weighted by molar-refractivity contribution is -0.117. The van der Waals surface area contributed by atoms with Crippen molar-refractivity contribution in [2.24, 2.45) is 0 Å². The van der Waals surface area contributed by atoms with Crippen molar-refractivity contribution in [3.63, 3.8) is 0 Å². The third-order valence-electron chi connectivity index (χ3n) is 4.11. The summed E-state index contributed by atoms with van der Waals surface area (Å²) in [6.45, 7) is 3.62. The van der Waals surface area contributed by atoms with E-state index < -0.39 is 0 Å². The maximum absolute atomic E-state index is 12.2. The SMILES string of the molecule is C[C@@H](NC[C@H]1CCCn2ccnc21)C(=O)Nc1ccc(Cl)cn1. The van der Waals surface area contributed by atoms with Crippen LogP contribution in [0.5, 0.6) is 0 Å². The van der Waals surface area contributed by atoms with E-state index in [0.717, 1.165) is 31.8 Å². The fourth-order valence-corrected chi connectivity index (χ4v) is 2.91. The van der Waals surface area contributed by atoms with Crippen molar-refractivity contribution in [3.05, 3.63) is 41.6 Å². The van der Waals surface area contributed by atoms with E-state index in [9.17, 15) is 4.79 Å². The topological polar surface area (TPSA) is 71.8 Å². The Labute approximate surface area is 140 Å². The monoisotopic (exact) mass is 333 g/mol. The van der Waals surface area contributed by atoms with Crippen LogP contribution in [-0.4, -0.2) is 33.0 Å². The van der Waals surface area contributed by atoms with Crippen molar-refractivity contribution in [2.75, 3.05) is 11.9 Å². The molecule has 0 spiro atoms. The second kappa shape index (κ2) is 7.10. The molecule has 0 aromatic carbocycles. The normalized spacial score (nSPS) is 18.3. The summed E-state index contributed by atoms with van der Waals surface area (Å²) in [4.78, 5) is 20.7. The van der Waals surface area contributed by atoms with Gasteiger partial charge in [-0.15, -0.1) is 0 Å². The van der Waals surface area contributed by atoms with E-state index in [1.54, 1.807) is 12.1 Å². The van der Waals surface area contributed by atoms with Crippen LogP contribution < -0.4 is 10.6 Å². The number of hydrogen-bond acceptors (Lipinski definition) is 4. The van der Waals surface area contributed by atoms with Gasteiger partial charge < -0.3 is 15.2 Å². The molecule has 122 valence electrons. The Kier molecular flexibility index (Phi) is 4.93. The third kappa shape index (κ3) is 3.89. The number of pyridine rings is 1. The minimum absolute atomic E-state index is 0.112. The fourth-order valence-electron chi connectivity index (χ4n) is 2.80. The van der Waals surface area contributed by atoms with Gasteiger partial charge in [0.1, 0.15) is 11.6 Å². The molecule has 6 nitrogen and oxygen atoms in total. The highest BCUT2D eigenvalue weighted by Gasteiger charge is 2.23. The number of fused-ring (bicyclic) bond motifs is 1. The van der Waals surface area contributed by atoms with Gasteiger partial charge in [0.15, 0.2) is 0 Å². The van der Waals surface area contributed by atoms with Gasteiger partial charge in [-0.2, -0.15) is 0 Å². The standard InChI is InChI=1S/C16H20ClN5O/c1-11(16(23)21-14-5-4-13(17)10-20-14)19-9-12-3-2-7-22-8-6-18-15(12)22/h4-6,8,10-12,19H,2-3,7,9H2,1H3,(H,20,21,23)/t11-,12-/m1/s1. The predicted octanol–water partition coefficient (Wildman–Crippen LogP) is 2.43. The molecule has 2 aromatic rings. The van der Waals surface area contributed by atoms with Crippen LogP contribution in [0.2, 0.25) is 5.02 Å². The number of aryl methyl sites for hydroxylation is 1. The molecular formula is C16H20ClN5O. The molecule has 0 unspecified atom stereocenters. The van der Waals surface area contributed by atoms with Gasteiger partial charge in [0.05, 0.1) is 11.1 Å². The molecule has 0 saturated heterocycles. The number of carbonyl (C=O) groups is 1. The third-order valence-corrected chi connectivity index (χ3v) is 4.33. The van der Waals surface area contributed by atoms with Crippen molar-refractivity contribution in [1.82, 2.24) is 19.9 Å². The van der Waals surface area contributed by atoms with Gasteiger partial charge in [-0.1, -0.05) is 11.6 Å². The summed E-state index contributed by atoms with van der Waals surface area (Å²) in [5.41, 5.74) is 0. The Morgan fingerprint density at radius 2 is 2.35 bits per heavy atom. The molecule has 23 heavy (non-hydrogen) atoms. The summed E-state index contributed by atoms with van der Waals surface area (Å²) >= 11 is 5.78. The van der Waals surface area contributed by atoms with E-state index in [0.29, 0.717) is 16.8 Å². The van der Waals surface area contributed by atoms with Crippen LogP contribution in [-0.2, 0) is 11.3 Å². The Morgan fingerprint density at radius 1 is 1.48 bits per heavy atom. The molecule has 7 heteroatoms. The molecule has 1 aliphatic rings. The molecule has 1 amide bonds. The molecule has 0 saturated carbocycles. The minimum Gasteiger partial charge on any atom is -0.335 e. The highest BCUT2D eigenvalue weighted by atomic mass is 35.5. The van der Waals surface area contributed by atoms with E-state index in [4.69, 9.17) is 11.6 Å². The molecule has 3 rings (SSSR count). The van der Waals surface area contributed by atoms with Crippen molar-refractivity contribution in [1.29, 1.82) is 0 Å². The van der Waals surface area contributed by atoms with Gasteiger partial charge in [-0.25, -0.2) is 9.97 Å². The first kappa shape index (κ1) is 16.0. The van der Waals surface area contributed by atoms with Gasteiger partial charge in [-0.3, -0.25) is 4.79 Å². The number of nitrogens with one attached hydrogen (secondary N) is 2. The summed E-state index contributed by atoms with van der Waals surface area (Å²) in [6.07, 6.45) is 7.61. The Bertz CT molecular complexity index is 669. The van der Waals surface area contributed by atoms with E-state index in [1.165, 1.54) is 6.20 Å². The van der Waals surface area contributed by atoms with Crippen LogP contribution >= 0.6 is 11.6 Å². The van der Waals surface area contributed by atoms with Crippen molar-refractivity contribution in [3.8, 4) is 0 Å². The van der Waals surface area contributed by atoms with Crippen LogP contribution in [0.15, 0.2) is 30.7 Å². The molecule has 1 aliphatic heterocycles. The van der Waals surface area contributed by atoms with E-state index >= 15 is 0 Å². The number of anilines is 1. The molecule has 0 fully saturated rings. The molecule has 0 radical (unpaired) electrons. The van der Waals surface area contributed by atoms with E-state index in [-0.39, 0.29) is 11.9 Å². The molecule has 2 aromatic heterocycles. The van der Waals surface area contributed by atoms with Crippen LogP contribution in [0, 0.1) is 0 Å². The lowest BCUT2D eigenvalue weighted by atomic mass is 9.98. The van der Waals surface area contributed by atoms with Crippen molar-refractivity contribution >= 4 is 23.3 Å². The summed E-state index contributed by atoms with van der Waals surface area (Å²) < 4.78 is 2.19. The first-order valence-electron chi connectivity index (χ1n) is 7.80. The van der Waals surface area contributed by atoms with Gasteiger partial charge in [0.25, 0.3) is 0 Å². The van der Waals surface area contributed by atoms with Crippen molar-refractivity contribution in [2.45, 2.75) is 38.3 Å². The smallest absolute Gasteiger partial charge is 0.242 e. The molecule has 0 aliphatic carbocycles. The molecular weight excluding hydrogens is 314 g/mol. The summed E-state index contributed by atoms with van der Waals surface area (Å²) in [5.74, 6) is 1.85. The van der Waals surface area contributed by atoms with E-state index in [1.807, 2.05) is 19.3 Å². The van der Waals surface area contributed by atoms with Crippen LogP contribution in [0.3, 0.4) is 0 Å². The lowest BCUT2D eigenvalue weighted by Crippen LogP contribution is -2.41. The number of amides is 1. The quantitative estimate of drug-likeness (QED) is 0.881. The Hall–Kier alpha value is -1.92. The van der Waals surface area contributed by atoms with Crippen LogP contribution in [0.1, 0.15) is 31.5 Å². The Balaban J connectivity index is 1.52. The highest BCUT2D eigenvalue weighted by molar-refractivity contribution is 6.30. The molecule has 2 N–H and O–H groups in total. The summed E-state index contributed by atoms with van der Waals surface area (Å²) in [7, 11) is 0. The number of rotatable bonds is 5. The second-order valence-corrected chi connectivity index (χ2v) is 6.24. The van der Waals surface area contributed by atoms with Gasteiger partial charge in [0.2, 0.25) is 5.91 Å². The van der Waals surface area contributed by atoms with Crippen molar-refractivity contribution < 1.29 is 4.79 Å². The van der Waals surface area contributed by atoms with E-state index in [2.05, 4.69) is 25.2 Å². The van der Waals surface area contributed by atoms with Gasteiger partial charge in [-0.05, 0) is 31.9 Å². The average molecular weight is 334 g/mol. The number of aromatic nitrogens is 3.